The highest BCUT2D eigenvalue weighted by molar-refractivity contribution is 14.0. The maximum atomic E-state index is 6.12. The standard InChI is InChI=1S/C20H34N4O2.HI/c1-5-25-17-7-8-19(26-6-2)18(13-17)23-20(21)22-14-16(4)24-11-9-15(3)10-12-24;/h7-8,13,15-16H,5-6,9-12,14H2,1-4H3,(H3,21,22,23);1H. The number of nitrogens with one attached hydrogen (secondary N) is 1. The van der Waals surface area contributed by atoms with Gasteiger partial charge in [0.25, 0.3) is 0 Å². The van der Waals surface area contributed by atoms with Gasteiger partial charge in [0.2, 0.25) is 0 Å². The number of hydrogen-bond acceptors (Lipinski definition) is 4. The van der Waals surface area contributed by atoms with E-state index in [-0.39, 0.29) is 24.0 Å². The van der Waals surface area contributed by atoms with E-state index in [9.17, 15) is 0 Å². The molecular weight excluding hydrogens is 455 g/mol. The molecule has 0 aliphatic carbocycles. The lowest BCUT2D eigenvalue weighted by molar-refractivity contribution is 0.150. The van der Waals surface area contributed by atoms with Gasteiger partial charge in [-0.2, -0.15) is 0 Å². The Morgan fingerprint density at radius 3 is 2.56 bits per heavy atom. The summed E-state index contributed by atoms with van der Waals surface area (Å²) in [4.78, 5) is 7.03. The van der Waals surface area contributed by atoms with Crippen LogP contribution in [-0.2, 0) is 0 Å². The molecule has 0 amide bonds. The number of piperidine rings is 1. The van der Waals surface area contributed by atoms with E-state index in [1.54, 1.807) is 0 Å². The van der Waals surface area contributed by atoms with Crippen molar-refractivity contribution in [2.24, 2.45) is 16.6 Å². The number of aliphatic imine (C=N–C) groups is 1. The predicted octanol–water partition coefficient (Wildman–Crippen LogP) is 3.95. The summed E-state index contributed by atoms with van der Waals surface area (Å²) in [6.45, 7) is 12.6. The Balaban J connectivity index is 0.00000364. The van der Waals surface area contributed by atoms with Gasteiger partial charge in [-0.1, -0.05) is 6.92 Å². The van der Waals surface area contributed by atoms with Crippen LogP contribution in [0, 0.1) is 5.92 Å². The molecular formula is C20H35IN4O2. The first-order chi connectivity index (χ1) is 12.5. The molecule has 1 unspecified atom stereocenters. The second kappa shape index (κ2) is 12.3. The van der Waals surface area contributed by atoms with Crippen molar-refractivity contribution < 1.29 is 9.47 Å². The summed E-state index contributed by atoms with van der Waals surface area (Å²) >= 11 is 0. The number of halogens is 1. The quantitative estimate of drug-likeness (QED) is 0.328. The summed E-state index contributed by atoms with van der Waals surface area (Å²) < 4.78 is 11.2. The molecule has 0 bridgehead atoms. The molecule has 1 aliphatic rings. The maximum absolute atomic E-state index is 6.12. The van der Waals surface area contributed by atoms with Crippen LogP contribution in [0.5, 0.6) is 11.5 Å². The van der Waals surface area contributed by atoms with E-state index in [1.165, 1.54) is 12.8 Å². The minimum atomic E-state index is 0. The Hall–Kier alpha value is -1.22. The van der Waals surface area contributed by atoms with Gasteiger partial charge in [0.1, 0.15) is 11.5 Å². The van der Waals surface area contributed by atoms with Crippen LogP contribution in [-0.4, -0.2) is 49.7 Å². The Kier molecular flexibility index (Phi) is 10.8. The van der Waals surface area contributed by atoms with Crippen molar-refractivity contribution in [1.82, 2.24) is 4.90 Å². The minimum Gasteiger partial charge on any atom is -0.494 e. The second-order valence-electron chi connectivity index (χ2n) is 6.94. The summed E-state index contributed by atoms with van der Waals surface area (Å²) in [6.07, 6.45) is 2.54. The molecule has 27 heavy (non-hydrogen) atoms. The number of nitrogens with two attached hydrogens (primary N) is 1. The fraction of sp³-hybridized carbons (Fsp3) is 0.650. The van der Waals surface area contributed by atoms with Gasteiger partial charge in [-0.25, -0.2) is 0 Å². The number of rotatable bonds is 8. The fourth-order valence-corrected chi connectivity index (χ4v) is 3.14. The van der Waals surface area contributed by atoms with Crippen LogP contribution in [0.4, 0.5) is 5.69 Å². The lowest BCUT2D eigenvalue weighted by Gasteiger charge is -2.34. The fourth-order valence-electron chi connectivity index (χ4n) is 3.14. The molecule has 1 saturated heterocycles. The van der Waals surface area contributed by atoms with Gasteiger partial charge in [-0.3, -0.25) is 9.89 Å². The topological polar surface area (TPSA) is 72.1 Å². The molecule has 0 saturated carbocycles. The average Bonchev–Trinajstić information content (AvgIpc) is 2.63. The molecule has 1 aromatic carbocycles. The van der Waals surface area contributed by atoms with Crippen molar-refractivity contribution >= 4 is 35.6 Å². The Labute approximate surface area is 180 Å². The molecule has 0 aromatic heterocycles. The largest absolute Gasteiger partial charge is 0.494 e. The van der Waals surface area contributed by atoms with Crippen molar-refractivity contribution in [2.75, 3.05) is 38.2 Å². The van der Waals surface area contributed by atoms with Gasteiger partial charge in [-0.05, 0) is 64.8 Å². The molecule has 2 rings (SSSR count). The van der Waals surface area contributed by atoms with Crippen molar-refractivity contribution in [3.8, 4) is 11.5 Å². The molecule has 1 atom stereocenters. The van der Waals surface area contributed by atoms with E-state index >= 15 is 0 Å². The normalized spacial score (nSPS) is 17.1. The number of ether oxygens (including phenoxy) is 2. The van der Waals surface area contributed by atoms with Crippen LogP contribution in [0.3, 0.4) is 0 Å². The summed E-state index contributed by atoms with van der Waals surface area (Å²) in [5.41, 5.74) is 6.90. The molecule has 7 heteroatoms. The number of hydrogen-bond donors (Lipinski definition) is 2. The Morgan fingerprint density at radius 1 is 1.26 bits per heavy atom. The molecule has 1 fully saturated rings. The van der Waals surface area contributed by atoms with Crippen LogP contribution < -0.4 is 20.5 Å². The highest BCUT2D eigenvalue weighted by atomic mass is 127. The predicted molar refractivity (Wildman–Crippen MR) is 124 cm³/mol. The first-order valence-corrected chi connectivity index (χ1v) is 9.74. The van der Waals surface area contributed by atoms with Crippen molar-refractivity contribution in [3.05, 3.63) is 18.2 Å². The molecule has 154 valence electrons. The van der Waals surface area contributed by atoms with Gasteiger partial charge in [0.15, 0.2) is 5.96 Å². The molecule has 1 aliphatic heterocycles. The Bertz CT molecular complexity index is 589. The van der Waals surface area contributed by atoms with E-state index in [0.29, 0.717) is 31.8 Å². The molecule has 0 radical (unpaired) electrons. The van der Waals surface area contributed by atoms with Crippen LogP contribution in [0.2, 0.25) is 0 Å². The third kappa shape index (κ3) is 7.73. The van der Waals surface area contributed by atoms with E-state index in [1.807, 2.05) is 32.0 Å². The molecule has 1 heterocycles. The van der Waals surface area contributed by atoms with Gasteiger partial charge in [0.05, 0.1) is 25.4 Å². The number of guanidine groups is 1. The molecule has 0 spiro atoms. The van der Waals surface area contributed by atoms with Crippen molar-refractivity contribution in [3.63, 3.8) is 0 Å². The van der Waals surface area contributed by atoms with Gasteiger partial charge >= 0.3 is 0 Å². The highest BCUT2D eigenvalue weighted by Crippen LogP contribution is 2.29. The van der Waals surface area contributed by atoms with E-state index in [4.69, 9.17) is 15.2 Å². The third-order valence-corrected chi connectivity index (χ3v) is 4.79. The molecule has 3 N–H and O–H groups in total. The van der Waals surface area contributed by atoms with Crippen LogP contribution in [0.25, 0.3) is 0 Å². The number of anilines is 1. The smallest absolute Gasteiger partial charge is 0.193 e. The van der Waals surface area contributed by atoms with Crippen molar-refractivity contribution in [1.29, 1.82) is 0 Å². The first-order valence-electron chi connectivity index (χ1n) is 9.74. The zero-order valence-electron chi connectivity index (χ0n) is 17.0. The zero-order valence-corrected chi connectivity index (χ0v) is 19.4. The second-order valence-corrected chi connectivity index (χ2v) is 6.94. The number of likely N-dealkylation sites (tertiary alicyclic amines) is 1. The van der Waals surface area contributed by atoms with E-state index < -0.39 is 0 Å². The molecule has 6 nitrogen and oxygen atoms in total. The van der Waals surface area contributed by atoms with E-state index in [2.05, 4.69) is 29.1 Å². The maximum Gasteiger partial charge on any atom is 0.193 e. The number of benzene rings is 1. The monoisotopic (exact) mass is 490 g/mol. The van der Waals surface area contributed by atoms with E-state index in [0.717, 1.165) is 36.2 Å². The zero-order chi connectivity index (χ0) is 18.9. The Morgan fingerprint density at radius 2 is 1.93 bits per heavy atom. The lowest BCUT2D eigenvalue weighted by atomic mass is 9.98. The summed E-state index contributed by atoms with van der Waals surface area (Å²) in [6, 6.07) is 6.07. The summed E-state index contributed by atoms with van der Waals surface area (Å²) in [5, 5.41) is 3.16. The van der Waals surface area contributed by atoms with Crippen LogP contribution in [0.15, 0.2) is 23.2 Å². The first kappa shape index (κ1) is 23.8. The summed E-state index contributed by atoms with van der Waals surface area (Å²) in [5.74, 6) is 2.76. The summed E-state index contributed by atoms with van der Waals surface area (Å²) in [7, 11) is 0. The average molecular weight is 490 g/mol. The van der Waals surface area contributed by atoms with Crippen molar-refractivity contribution in [2.45, 2.75) is 46.6 Å². The lowest BCUT2D eigenvalue weighted by Crippen LogP contribution is -2.41. The van der Waals surface area contributed by atoms with Crippen LogP contribution in [0.1, 0.15) is 40.5 Å². The SMILES string of the molecule is CCOc1ccc(OCC)c(NC(N)=NCC(C)N2CCC(C)CC2)c1.I. The minimum absolute atomic E-state index is 0. The third-order valence-electron chi connectivity index (χ3n) is 4.79. The number of nitrogens with zero attached hydrogens (tertiary/aromatic N) is 2. The van der Waals surface area contributed by atoms with Crippen LogP contribution >= 0.6 is 24.0 Å². The molecule has 1 aromatic rings. The highest BCUT2D eigenvalue weighted by Gasteiger charge is 2.20. The van der Waals surface area contributed by atoms with Gasteiger partial charge in [0, 0.05) is 12.1 Å². The van der Waals surface area contributed by atoms with Gasteiger partial charge < -0.3 is 20.5 Å². The van der Waals surface area contributed by atoms with Gasteiger partial charge in [-0.15, -0.1) is 24.0 Å².